The van der Waals surface area contributed by atoms with Crippen LogP contribution in [0.2, 0.25) is 10.0 Å². The predicted octanol–water partition coefficient (Wildman–Crippen LogP) is 5.45. The first kappa shape index (κ1) is 31.3. The number of methoxy groups -OCH3 is 1. The molecule has 1 atom stereocenters. The van der Waals surface area contributed by atoms with E-state index in [1.54, 1.807) is 68.4 Å². The zero-order chi connectivity index (χ0) is 29.4. The van der Waals surface area contributed by atoms with E-state index in [0.29, 0.717) is 28.6 Å². The Balaban J connectivity index is 2.13. The predicted molar refractivity (Wildman–Crippen MR) is 158 cm³/mol. The van der Waals surface area contributed by atoms with E-state index in [-0.39, 0.29) is 28.8 Å². The van der Waals surface area contributed by atoms with E-state index >= 15 is 0 Å². The van der Waals surface area contributed by atoms with Crippen LogP contribution in [0.15, 0.2) is 71.6 Å². The molecule has 0 radical (unpaired) electrons. The summed E-state index contributed by atoms with van der Waals surface area (Å²) in [5, 5.41) is 3.43. The van der Waals surface area contributed by atoms with Crippen LogP contribution in [0.5, 0.6) is 5.75 Å². The number of aryl methyl sites for hydroxylation is 1. The number of hydrogen-bond acceptors (Lipinski definition) is 5. The van der Waals surface area contributed by atoms with Crippen LogP contribution in [-0.2, 0) is 26.2 Å². The molecule has 0 bridgehead atoms. The summed E-state index contributed by atoms with van der Waals surface area (Å²) < 4.78 is 34.5. The van der Waals surface area contributed by atoms with Gasteiger partial charge in [0.2, 0.25) is 11.8 Å². The minimum atomic E-state index is -4.21. The molecule has 0 heterocycles. The average molecular weight is 607 g/mol. The molecule has 0 aliphatic heterocycles. The third-order valence-electron chi connectivity index (χ3n) is 6.29. The Morgan fingerprint density at radius 3 is 2.27 bits per heavy atom. The highest BCUT2D eigenvalue weighted by Gasteiger charge is 2.34. The van der Waals surface area contributed by atoms with Gasteiger partial charge in [-0.25, -0.2) is 8.42 Å². The molecular formula is C29H33Cl2N3O5S. The Labute approximate surface area is 245 Å². The van der Waals surface area contributed by atoms with E-state index in [9.17, 15) is 18.0 Å². The lowest BCUT2D eigenvalue weighted by Crippen LogP contribution is -2.52. The maximum atomic E-state index is 14.1. The van der Waals surface area contributed by atoms with Crippen molar-refractivity contribution < 1.29 is 22.7 Å². The summed E-state index contributed by atoms with van der Waals surface area (Å²) >= 11 is 12.3. The number of benzene rings is 3. The molecule has 40 heavy (non-hydrogen) atoms. The Hall–Kier alpha value is -3.27. The van der Waals surface area contributed by atoms with Gasteiger partial charge in [0.15, 0.2) is 0 Å². The van der Waals surface area contributed by atoms with Gasteiger partial charge in [0.25, 0.3) is 10.0 Å². The van der Waals surface area contributed by atoms with Crippen molar-refractivity contribution in [1.29, 1.82) is 0 Å². The number of ether oxygens (including phenoxy) is 1. The third-order valence-corrected chi connectivity index (χ3v) is 8.80. The highest BCUT2D eigenvalue weighted by atomic mass is 35.5. The van der Waals surface area contributed by atoms with Crippen molar-refractivity contribution >= 4 is 50.7 Å². The number of rotatable bonds is 12. The number of carbonyl (C=O) groups is 2. The fourth-order valence-electron chi connectivity index (χ4n) is 4.27. The lowest BCUT2D eigenvalue weighted by molar-refractivity contribution is -0.140. The van der Waals surface area contributed by atoms with Gasteiger partial charge in [-0.2, -0.15) is 0 Å². The highest BCUT2D eigenvalue weighted by molar-refractivity contribution is 7.92. The molecule has 11 heteroatoms. The van der Waals surface area contributed by atoms with Gasteiger partial charge in [-0.05, 0) is 67.8 Å². The molecule has 214 valence electrons. The Morgan fingerprint density at radius 1 is 0.975 bits per heavy atom. The molecule has 0 aromatic heterocycles. The Bertz CT molecular complexity index is 1450. The molecule has 1 N–H and O–H groups in total. The van der Waals surface area contributed by atoms with Crippen molar-refractivity contribution in [3.63, 3.8) is 0 Å². The number of nitrogens with zero attached hydrogens (tertiary/aromatic N) is 2. The first-order chi connectivity index (χ1) is 19.0. The van der Waals surface area contributed by atoms with Crippen molar-refractivity contribution in [2.24, 2.45) is 0 Å². The first-order valence-corrected chi connectivity index (χ1v) is 15.0. The molecule has 2 amide bonds. The first-order valence-electron chi connectivity index (χ1n) is 12.8. The van der Waals surface area contributed by atoms with Crippen LogP contribution < -0.4 is 14.4 Å². The molecule has 8 nitrogen and oxygen atoms in total. The van der Waals surface area contributed by atoms with Crippen molar-refractivity contribution in [3.8, 4) is 5.75 Å². The van der Waals surface area contributed by atoms with Gasteiger partial charge >= 0.3 is 0 Å². The Kier molecular flexibility index (Phi) is 10.8. The monoisotopic (exact) mass is 605 g/mol. The molecule has 3 rings (SSSR count). The number of carbonyl (C=O) groups excluding carboxylic acids is 2. The maximum Gasteiger partial charge on any atom is 0.264 e. The summed E-state index contributed by atoms with van der Waals surface area (Å²) in [6.07, 6.45) is 0.304. The summed E-state index contributed by atoms with van der Waals surface area (Å²) in [5.74, 6) is -0.638. The summed E-state index contributed by atoms with van der Waals surface area (Å²) in [5.41, 5.74) is 1.62. The second-order valence-electron chi connectivity index (χ2n) is 9.09. The number of likely N-dealkylation sites (N-methyl/N-ethyl adjacent to an activating group) is 1. The van der Waals surface area contributed by atoms with Crippen molar-refractivity contribution in [1.82, 2.24) is 10.2 Å². The van der Waals surface area contributed by atoms with E-state index in [1.165, 1.54) is 24.1 Å². The number of anilines is 1. The van der Waals surface area contributed by atoms with Gasteiger partial charge in [-0.15, -0.1) is 0 Å². The molecule has 3 aromatic rings. The minimum Gasteiger partial charge on any atom is -0.495 e. The zero-order valence-corrected chi connectivity index (χ0v) is 25.2. The molecule has 0 aliphatic carbocycles. The number of amides is 2. The van der Waals surface area contributed by atoms with Gasteiger partial charge in [-0.1, -0.05) is 60.5 Å². The molecular weight excluding hydrogens is 573 g/mol. The lowest BCUT2D eigenvalue weighted by Gasteiger charge is -2.33. The summed E-state index contributed by atoms with van der Waals surface area (Å²) in [7, 11) is -2.78. The summed E-state index contributed by atoms with van der Waals surface area (Å²) in [4.78, 5) is 28.5. The average Bonchev–Trinajstić information content (AvgIpc) is 2.94. The number of sulfonamides is 1. The summed E-state index contributed by atoms with van der Waals surface area (Å²) in [6, 6.07) is 17.0. The van der Waals surface area contributed by atoms with Gasteiger partial charge in [0.1, 0.15) is 18.3 Å². The molecule has 0 saturated carbocycles. The molecule has 0 aliphatic rings. The fourth-order valence-corrected chi connectivity index (χ4v) is 6.03. The molecule has 1 unspecified atom stereocenters. The van der Waals surface area contributed by atoms with Crippen LogP contribution in [-0.4, -0.2) is 51.4 Å². The zero-order valence-electron chi connectivity index (χ0n) is 22.9. The number of nitrogens with one attached hydrogen (secondary N) is 1. The second kappa shape index (κ2) is 13.9. The molecule has 3 aromatic carbocycles. The van der Waals surface area contributed by atoms with Crippen LogP contribution in [0.1, 0.15) is 31.4 Å². The van der Waals surface area contributed by atoms with Crippen molar-refractivity contribution in [2.45, 2.75) is 44.7 Å². The van der Waals surface area contributed by atoms with Gasteiger partial charge < -0.3 is 15.0 Å². The van der Waals surface area contributed by atoms with Gasteiger partial charge in [-0.3, -0.25) is 13.9 Å². The van der Waals surface area contributed by atoms with E-state index in [0.717, 1.165) is 9.87 Å². The van der Waals surface area contributed by atoms with E-state index < -0.39 is 28.5 Å². The maximum absolute atomic E-state index is 14.1. The van der Waals surface area contributed by atoms with Crippen molar-refractivity contribution in [2.75, 3.05) is 24.5 Å². The second-order valence-corrected chi connectivity index (χ2v) is 11.8. The molecule has 0 spiro atoms. The van der Waals surface area contributed by atoms with E-state index in [1.807, 2.05) is 6.92 Å². The van der Waals surface area contributed by atoms with Gasteiger partial charge in [0.05, 0.1) is 27.7 Å². The van der Waals surface area contributed by atoms with Crippen LogP contribution in [0.25, 0.3) is 0 Å². The largest absolute Gasteiger partial charge is 0.495 e. The highest BCUT2D eigenvalue weighted by Crippen LogP contribution is 2.34. The normalized spacial score (nSPS) is 11.9. The number of halogens is 2. The third kappa shape index (κ3) is 7.27. The van der Waals surface area contributed by atoms with Crippen molar-refractivity contribution in [3.05, 3.63) is 87.9 Å². The fraction of sp³-hybridized carbons (Fsp3) is 0.310. The quantitative estimate of drug-likeness (QED) is 0.296. The minimum absolute atomic E-state index is 0.00946. The van der Waals surface area contributed by atoms with Crippen LogP contribution in [0, 0.1) is 6.92 Å². The van der Waals surface area contributed by atoms with Crippen LogP contribution >= 0.6 is 23.2 Å². The standard InChI is InChI=1S/C29H33Cl2N3O5S/c1-5-25(29(36)32-6-2)33(18-21-13-14-23(30)24(31)17-21)28(35)19-34(26-16-20(3)12-15-27(26)39-4)40(37,38)22-10-8-7-9-11-22/h7-17,25H,5-6,18-19H2,1-4H3,(H,32,36). The topological polar surface area (TPSA) is 96.0 Å². The molecule has 0 fully saturated rings. The number of hydrogen-bond donors (Lipinski definition) is 1. The molecule has 0 saturated heterocycles. The van der Waals surface area contributed by atoms with E-state index in [4.69, 9.17) is 27.9 Å². The Morgan fingerprint density at radius 2 is 1.68 bits per heavy atom. The SMILES string of the molecule is CCNC(=O)C(CC)N(Cc1ccc(Cl)c(Cl)c1)C(=O)CN(c1cc(C)ccc1OC)S(=O)(=O)c1ccccc1. The van der Waals surface area contributed by atoms with Crippen LogP contribution in [0.4, 0.5) is 5.69 Å². The van der Waals surface area contributed by atoms with E-state index in [2.05, 4.69) is 5.32 Å². The summed E-state index contributed by atoms with van der Waals surface area (Å²) in [6.45, 7) is 5.20. The van der Waals surface area contributed by atoms with Gasteiger partial charge in [0, 0.05) is 13.1 Å². The van der Waals surface area contributed by atoms with Crippen LogP contribution in [0.3, 0.4) is 0 Å². The lowest BCUT2D eigenvalue weighted by atomic mass is 10.1. The smallest absolute Gasteiger partial charge is 0.264 e.